The van der Waals surface area contributed by atoms with Gasteiger partial charge in [0, 0.05) is 11.3 Å². The number of hydrogen-bond donors (Lipinski definition) is 3. The normalized spacial score (nSPS) is 10.5. The van der Waals surface area contributed by atoms with Gasteiger partial charge in [0.15, 0.2) is 5.82 Å². The summed E-state index contributed by atoms with van der Waals surface area (Å²) in [5.74, 6) is 1.12. The van der Waals surface area contributed by atoms with Crippen LogP contribution in [0, 0.1) is 6.92 Å². The van der Waals surface area contributed by atoms with Gasteiger partial charge in [-0.1, -0.05) is 12.1 Å². The van der Waals surface area contributed by atoms with E-state index in [1.807, 2.05) is 31.2 Å². The Bertz CT molecular complexity index is 792. The van der Waals surface area contributed by atoms with Gasteiger partial charge < -0.3 is 11.1 Å². The predicted octanol–water partition coefficient (Wildman–Crippen LogP) is 2.68. The molecule has 2 aromatic heterocycles. The molecule has 6 nitrogen and oxygen atoms in total. The van der Waals surface area contributed by atoms with Gasteiger partial charge in [-0.05, 0) is 30.5 Å². The molecule has 3 rings (SSSR count). The van der Waals surface area contributed by atoms with E-state index in [1.54, 1.807) is 11.4 Å². The van der Waals surface area contributed by atoms with E-state index in [1.165, 1.54) is 11.3 Å². The highest BCUT2D eigenvalue weighted by Crippen LogP contribution is 2.23. The van der Waals surface area contributed by atoms with Gasteiger partial charge in [-0.25, -0.2) is 4.98 Å². The van der Waals surface area contributed by atoms with Gasteiger partial charge in [0.2, 0.25) is 0 Å². The number of nitrogens with two attached hydrogens (primary N) is 1. The van der Waals surface area contributed by atoms with Gasteiger partial charge in [0.05, 0.1) is 5.69 Å². The fourth-order valence-electron chi connectivity index (χ4n) is 1.90. The van der Waals surface area contributed by atoms with E-state index >= 15 is 0 Å². The molecular formula is C14H13N5OS. The van der Waals surface area contributed by atoms with Crippen LogP contribution < -0.4 is 11.1 Å². The number of nitrogens with one attached hydrogen (secondary N) is 2. The number of rotatable bonds is 3. The molecule has 0 saturated heterocycles. The largest absolute Gasteiger partial charge is 0.397 e. The third-order valence-corrected chi connectivity index (χ3v) is 3.81. The lowest BCUT2D eigenvalue weighted by Crippen LogP contribution is -2.11. The zero-order valence-electron chi connectivity index (χ0n) is 11.3. The maximum Gasteiger partial charge on any atom is 0.267 e. The number of aryl methyl sites for hydroxylation is 1. The van der Waals surface area contributed by atoms with Crippen LogP contribution in [0.3, 0.4) is 0 Å². The molecule has 0 aliphatic heterocycles. The lowest BCUT2D eigenvalue weighted by atomic mass is 10.2. The number of thiophene rings is 1. The zero-order chi connectivity index (χ0) is 14.8. The number of aromatic nitrogens is 3. The predicted molar refractivity (Wildman–Crippen MR) is 83.2 cm³/mol. The number of hydrogen-bond acceptors (Lipinski definition) is 5. The summed E-state index contributed by atoms with van der Waals surface area (Å²) in [6.07, 6.45) is 0. The van der Waals surface area contributed by atoms with Crippen molar-refractivity contribution in [1.82, 2.24) is 15.2 Å². The minimum Gasteiger partial charge on any atom is -0.397 e. The van der Waals surface area contributed by atoms with Crippen LogP contribution in [-0.2, 0) is 0 Å². The van der Waals surface area contributed by atoms with E-state index in [0.29, 0.717) is 22.1 Å². The van der Waals surface area contributed by atoms with E-state index in [0.717, 1.165) is 11.4 Å². The van der Waals surface area contributed by atoms with Crippen molar-refractivity contribution < 1.29 is 4.79 Å². The number of nitrogens with zero attached hydrogens (tertiary/aromatic N) is 2. The molecule has 0 aliphatic rings. The first-order chi connectivity index (χ1) is 10.1. The summed E-state index contributed by atoms with van der Waals surface area (Å²) in [7, 11) is 0. The Balaban J connectivity index is 1.84. The molecule has 0 spiro atoms. The molecule has 0 bridgehead atoms. The average molecular weight is 299 g/mol. The fourth-order valence-corrected chi connectivity index (χ4v) is 2.61. The number of aromatic amines is 1. The second kappa shape index (κ2) is 5.37. The number of carbonyl (C=O) groups excluding carboxylic acids is 1. The van der Waals surface area contributed by atoms with Crippen molar-refractivity contribution in [3.8, 4) is 11.4 Å². The van der Waals surface area contributed by atoms with Gasteiger partial charge >= 0.3 is 0 Å². The summed E-state index contributed by atoms with van der Waals surface area (Å²) in [6.45, 7) is 1.84. The molecule has 0 aliphatic carbocycles. The van der Waals surface area contributed by atoms with Crippen molar-refractivity contribution in [1.29, 1.82) is 0 Å². The van der Waals surface area contributed by atoms with Gasteiger partial charge in [-0.15, -0.1) is 11.3 Å². The van der Waals surface area contributed by atoms with Gasteiger partial charge in [-0.2, -0.15) is 5.10 Å². The first-order valence-corrected chi connectivity index (χ1v) is 7.15. The van der Waals surface area contributed by atoms with E-state index in [4.69, 9.17) is 5.73 Å². The second-order valence-electron chi connectivity index (χ2n) is 4.48. The summed E-state index contributed by atoms with van der Waals surface area (Å²) in [5.41, 5.74) is 7.73. The maximum atomic E-state index is 12.1. The van der Waals surface area contributed by atoms with Crippen LogP contribution >= 0.6 is 11.3 Å². The SMILES string of the molecule is Cc1nc(-c2cccc(NC(=O)c3sccc3N)c2)n[nH]1. The highest BCUT2D eigenvalue weighted by atomic mass is 32.1. The summed E-state index contributed by atoms with van der Waals surface area (Å²) in [4.78, 5) is 16.9. The lowest BCUT2D eigenvalue weighted by Gasteiger charge is -2.05. The Morgan fingerprint density at radius 1 is 1.38 bits per heavy atom. The average Bonchev–Trinajstić information content (AvgIpc) is 3.08. The molecule has 4 N–H and O–H groups in total. The monoisotopic (exact) mass is 299 g/mol. The number of carbonyl (C=O) groups is 1. The van der Waals surface area contributed by atoms with Crippen molar-refractivity contribution in [2.45, 2.75) is 6.92 Å². The molecule has 0 atom stereocenters. The van der Waals surface area contributed by atoms with E-state index in [2.05, 4.69) is 20.5 Å². The van der Waals surface area contributed by atoms with Crippen molar-refractivity contribution in [2.75, 3.05) is 11.1 Å². The third-order valence-electron chi connectivity index (χ3n) is 2.88. The van der Waals surface area contributed by atoms with E-state index in [-0.39, 0.29) is 5.91 Å². The quantitative estimate of drug-likeness (QED) is 0.692. The molecule has 0 fully saturated rings. The van der Waals surface area contributed by atoms with E-state index in [9.17, 15) is 4.79 Å². The summed E-state index contributed by atoms with van der Waals surface area (Å²) < 4.78 is 0. The molecule has 7 heteroatoms. The smallest absolute Gasteiger partial charge is 0.267 e. The molecule has 0 saturated carbocycles. The number of benzene rings is 1. The van der Waals surface area contributed by atoms with Gasteiger partial charge in [0.25, 0.3) is 5.91 Å². The van der Waals surface area contributed by atoms with Crippen LogP contribution in [0.1, 0.15) is 15.5 Å². The number of amides is 1. The number of anilines is 2. The van der Waals surface area contributed by atoms with Crippen molar-refractivity contribution in [3.63, 3.8) is 0 Å². The molecule has 0 radical (unpaired) electrons. The van der Waals surface area contributed by atoms with E-state index < -0.39 is 0 Å². The summed E-state index contributed by atoms with van der Waals surface area (Å²) in [6, 6.07) is 9.08. The fraction of sp³-hybridized carbons (Fsp3) is 0.0714. The first-order valence-electron chi connectivity index (χ1n) is 6.27. The summed E-state index contributed by atoms with van der Waals surface area (Å²) >= 11 is 1.31. The standard InChI is InChI=1S/C14H13N5OS/c1-8-16-13(19-18-8)9-3-2-4-10(7-9)17-14(20)12-11(15)5-6-21-12/h2-7H,15H2,1H3,(H,17,20)(H,16,18,19). The van der Waals surface area contributed by atoms with Crippen LogP contribution in [0.5, 0.6) is 0 Å². The van der Waals surface area contributed by atoms with Crippen LogP contribution in [0.2, 0.25) is 0 Å². The second-order valence-corrected chi connectivity index (χ2v) is 5.40. The highest BCUT2D eigenvalue weighted by molar-refractivity contribution is 7.12. The Hall–Kier alpha value is -2.67. The topological polar surface area (TPSA) is 96.7 Å². The van der Waals surface area contributed by atoms with Crippen molar-refractivity contribution >= 4 is 28.6 Å². The minimum atomic E-state index is -0.217. The number of H-pyrrole nitrogens is 1. The van der Waals surface area contributed by atoms with Gasteiger partial charge in [-0.3, -0.25) is 9.89 Å². The van der Waals surface area contributed by atoms with Crippen molar-refractivity contribution in [2.24, 2.45) is 0 Å². The Labute approximate surface area is 125 Å². The Kier molecular flexibility index (Phi) is 3.41. The number of nitrogen functional groups attached to an aromatic ring is 1. The van der Waals surface area contributed by atoms with Crippen LogP contribution in [0.25, 0.3) is 11.4 Å². The molecule has 1 amide bonds. The molecule has 21 heavy (non-hydrogen) atoms. The Morgan fingerprint density at radius 2 is 2.24 bits per heavy atom. The van der Waals surface area contributed by atoms with Crippen molar-refractivity contribution in [3.05, 3.63) is 46.4 Å². The first kappa shape index (κ1) is 13.3. The lowest BCUT2D eigenvalue weighted by molar-refractivity contribution is 0.103. The maximum absolute atomic E-state index is 12.1. The third kappa shape index (κ3) is 2.77. The molecular weight excluding hydrogens is 286 g/mol. The van der Waals surface area contributed by atoms with Crippen LogP contribution in [0.4, 0.5) is 11.4 Å². The van der Waals surface area contributed by atoms with Gasteiger partial charge in [0.1, 0.15) is 10.7 Å². The summed E-state index contributed by atoms with van der Waals surface area (Å²) in [5, 5.41) is 11.5. The van der Waals surface area contributed by atoms with Crippen LogP contribution in [-0.4, -0.2) is 21.1 Å². The molecule has 2 heterocycles. The van der Waals surface area contributed by atoms with Crippen LogP contribution in [0.15, 0.2) is 35.7 Å². The minimum absolute atomic E-state index is 0.217. The molecule has 1 aromatic carbocycles. The molecule has 3 aromatic rings. The molecule has 0 unspecified atom stereocenters. The zero-order valence-corrected chi connectivity index (χ0v) is 12.1. The highest BCUT2D eigenvalue weighted by Gasteiger charge is 2.12. The Morgan fingerprint density at radius 3 is 2.90 bits per heavy atom. The molecule has 106 valence electrons.